The van der Waals surface area contributed by atoms with Gasteiger partial charge in [-0.15, -0.1) is 0 Å². The van der Waals surface area contributed by atoms with Crippen molar-refractivity contribution in [3.63, 3.8) is 0 Å². The molecule has 0 aromatic heterocycles. The molecule has 0 aliphatic carbocycles. The standard InChI is InChI=1S/C12H15F3O2S/c13-12(14,15)9-5-2-6-10-18(16,17)11-7-3-1-4-8-11/h1,3-4,7-8H,2,5-6,9-10H2. The summed E-state index contributed by atoms with van der Waals surface area (Å²) in [6.07, 6.45) is -4.50. The van der Waals surface area contributed by atoms with Crippen molar-refractivity contribution in [2.24, 2.45) is 0 Å². The molecule has 0 spiro atoms. The molecule has 0 radical (unpaired) electrons. The molecule has 0 bridgehead atoms. The Morgan fingerprint density at radius 1 is 0.944 bits per heavy atom. The van der Waals surface area contributed by atoms with Crippen LogP contribution in [0.4, 0.5) is 13.2 Å². The third kappa shape index (κ3) is 5.53. The van der Waals surface area contributed by atoms with E-state index in [0.717, 1.165) is 0 Å². The van der Waals surface area contributed by atoms with Gasteiger partial charge in [-0.1, -0.05) is 24.6 Å². The first-order chi connectivity index (χ1) is 8.31. The summed E-state index contributed by atoms with van der Waals surface area (Å²) < 4.78 is 59.1. The van der Waals surface area contributed by atoms with E-state index in [0.29, 0.717) is 0 Å². The van der Waals surface area contributed by atoms with Crippen LogP contribution in [-0.2, 0) is 9.84 Å². The van der Waals surface area contributed by atoms with Gasteiger partial charge in [-0.2, -0.15) is 13.2 Å². The van der Waals surface area contributed by atoms with Crippen LogP contribution in [0.15, 0.2) is 35.2 Å². The van der Waals surface area contributed by atoms with E-state index in [1.807, 2.05) is 0 Å². The molecule has 6 heteroatoms. The lowest BCUT2D eigenvalue weighted by Gasteiger charge is -2.06. The number of benzene rings is 1. The highest BCUT2D eigenvalue weighted by molar-refractivity contribution is 7.91. The first kappa shape index (κ1) is 15.0. The van der Waals surface area contributed by atoms with Crippen LogP contribution < -0.4 is 0 Å². The molecule has 0 unspecified atom stereocenters. The minimum atomic E-state index is -4.15. The molecule has 18 heavy (non-hydrogen) atoms. The van der Waals surface area contributed by atoms with Gasteiger partial charge in [-0.3, -0.25) is 0 Å². The van der Waals surface area contributed by atoms with Crippen molar-refractivity contribution in [3.8, 4) is 0 Å². The van der Waals surface area contributed by atoms with Gasteiger partial charge in [0.2, 0.25) is 0 Å². The number of rotatable bonds is 6. The predicted molar refractivity (Wildman–Crippen MR) is 63.0 cm³/mol. The second kappa shape index (κ2) is 6.22. The van der Waals surface area contributed by atoms with Gasteiger partial charge >= 0.3 is 6.18 Å². The van der Waals surface area contributed by atoms with Gasteiger partial charge in [0.25, 0.3) is 0 Å². The van der Waals surface area contributed by atoms with Crippen LogP contribution in [0.1, 0.15) is 25.7 Å². The number of hydrogen-bond donors (Lipinski definition) is 0. The van der Waals surface area contributed by atoms with E-state index in [1.54, 1.807) is 18.2 Å². The molecule has 1 aromatic rings. The van der Waals surface area contributed by atoms with Crippen molar-refractivity contribution in [1.82, 2.24) is 0 Å². The highest BCUT2D eigenvalue weighted by atomic mass is 32.2. The lowest BCUT2D eigenvalue weighted by Crippen LogP contribution is -2.08. The summed E-state index contributed by atoms with van der Waals surface area (Å²) in [6, 6.07) is 7.94. The molecule has 102 valence electrons. The second-order valence-electron chi connectivity index (χ2n) is 4.06. The number of alkyl halides is 3. The Morgan fingerprint density at radius 3 is 2.11 bits per heavy atom. The van der Waals surface area contributed by atoms with E-state index in [2.05, 4.69) is 0 Å². The van der Waals surface area contributed by atoms with Crippen LogP contribution >= 0.6 is 0 Å². The molecule has 0 N–H and O–H groups in total. The van der Waals surface area contributed by atoms with E-state index < -0.39 is 22.4 Å². The normalized spacial score (nSPS) is 12.6. The Hall–Kier alpha value is -1.04. The number of sulfone groups is 1. The maximum absolute atomic E-state index is 11.9. The van der Waals surface area contributed by atoms with Crippen molar-refractivity contribution in [3.05, 3.63) is 30.3 Å². The molecule has 0 saturated heterocycles. The minimum Gasteiger partial charge on any atom is -0.224 e. The topological polar surface area (TPSA) is 34.1 Å². The van der Waals surface area contributed by atoms with Gasteiger partial charge < -0.3 is 0 Å². The van der Waals surface area contributed by atoms with Gasteiger partial charge in [0.15, 0.2) is 9.84 Å². The van der Waals surface area contributed by atoms with Gasteiger partial charge in [0, 0.05) is 6.42 Å². The monoisotopic (exact) mass is 280 g/mol. The lowest BCUT2D eigenvalue weighted by molar-refractivity contribution is -0.135. The Bertz CT molecular complexity index is 452. The van der Waals surface area contributed by atoms with Gasteiger partial charge in [-0.25, -0.2) is 8.42 Å². The summed E-state index contributed by atoms with van der Waals surface area (Å²) in [7, 11) is -3.36. The van der Waals surface area contributed by atoms with Crippen LogP contribution in [0, 0.1) is 0 Å². The maximum atomic E-state index is 11.9. The molecule has 2 nitrogen and oxygen atoms in total. The lowest BCUT2D eigenvalue weighted by atomic mass is 10.2. The third-order valence-electron chi connectivity index (χ3n) is 2.48. The number of unbranched alkanes of at least 4 members (excludes halogenated alkanes) is 2. The molecule has 1 rings (SSSR count). The zero-order chi connectivity index (χ0) is 13.6. The minimum absolute atomic E-state index is 0.0200. The van der Waals surface area contributed by atoms with E-state index in [9.17, 15) is 21.6 Å². The van der Waals surface area contributed by atoms with E-state index in [4.69, 9.17) is 0 Å². The van der Waals surface area contributed by atoms with Crippen LogP contribution in [0.5, 0.6) is 0 Å². The quantitative estimate of drug-likeness (QED) is 0.746. The molecule has 0 heterocycles. The number of hydrogen-bond acceptors (Lipinski definition) is 2. The summed E-state index contributed by atoms with van der Waals surface area (Å²) in [5.74, 6) is -0.102. The maximum Gasteiger partial charge on any atom is 0.389 e. The van der Waals surface area contributed by atoms with Crippen molar-refractivity contribution in [2.45, 2.75) is 36.8 Å². The zero-order valence-electron chi connectivity index (χ0n) is 9.78. The molecule has 1 aromatic carbocycles. The molecule has 0 aliphatic rings. The molecular weight excluding hydrogens is 265 g/mol. The fourth-order valence-corrected chi connectivity index (χ4v) is 2.93. The predicted octanol–water partition coefficient (Wildman–Crippen LogP) is 3.58. The van der Waals surface area contributed by atoms with E-state index in [1.165, 1.54) is 12.1 Å². The summed E-state index contributed by atoms with van der Waals surface area (Å²) >= 11 is 0. The van der Waals surface area contributed by atoms with Gasteiger partial charge in [0.1, 0.15) is 0 Å². The largest absolute Gasteiger partial charge is 0.389 e. The van der Waals surface area contributed by atoms with Crippen LogP contribution in [0.2, 0.25) is 0 Å². The van der Waals surface area contributed by atoms with E-state index in [-0.39, 0.29) is 29.9 Å². The third-order valence-corrected chi connectivity index (χ3v) is 4.29. The Kier molecular flexibility index (Phi) is 5.19. The smallest absolute Gasteiger partial charge is 0.224 e. The fourth-order valence-electron chi connectivity index (χ4n) is 1.54. The molecule has 0 atom stereocenters. The molecule has 0 amide bonds. The Labute approximate surface area is 105 Å². The van der Waals surface area contributed by atoms with Crippen molar-refractivity contribution in [2.75, 3.05) is 5.75 Å². The van der Waals surface area contributed by atoms with Crippen molar-refractivity contribution in [1.29, 1.82) is 0 Å². The average Bonchev–Trinajstić information content (AvgIpc) is 2.28. The summed E-state index contributed by atoms with van der Waals surface area (Å²) in [5.41, 5.74) is 0. The van der Waals surface area contributed by atoms with Crippen molar-refractivity contribution >= 4 is 9.84 Å². The van der Waals surface area contributed by atoms with Crippen molar-refractivity contribution < 1.29 is 21.6 Å². The SMILES string of the molecule is O=S(=O)(CCCCCC(F)(F)F)c1ccccc1. The van der Waals surface area contributed by atoms with Crippen LogP contribution in [0.3, 0.4) is 0 Å². The first-order valence-electron chi connectivity index (χ1n) is 5.66. The summed E-state index contributed by atoms with van der Waals surface area (Å²) in [4.78, 5) is 0.223. The summed E-state index contributed by atoms with van der Waals surface area (Å²) in [6.45, 7) is 0. The molecule has 0 fully saturated rings. The molecule has 0 saturated carbocycles. The van der Waals surface area contributed by atoms with Crippen LogP contribution in [-0.4, -0.2) is 20.3 Å². The van der Waals surface area contributed by atoms with Gasteiger partial charge in [0.05, 0.1) is 10.6 Å². The highest BCUT2D eigenvalue weighted by Gasteiger charge is 2.25. The Balaban J connectivity index is 2.36. The zero-order valence-corrected chi connectivity index (χ0v) is 10.6. The Morgan fingerprint density at radius 2 is 1.56 bits per heavy atom. The fraction of sp³-hybridized carbons (Fsp3) is 0.500. The summed E-state index contributed by atoms with van der Waals surface area (Å²) in [5, 5.41) is 0. The average molecular weight is 280 g/mol. The second-order valence-corrected chi connectivity index (χ2v) is 6.17. The molecular formula is C12H15F3O2S. The highest BCUT2D eigenvalue weighted by Crippen LogP contribution is 2.23. The first-order valence-corrected chi connectivity index (χ1v) is 7.31. The van der Waals surface area contributed by atoms with Gasteiger partial charge in [-0.05, 0) is 25.0 Å². The van der Waals surface area contributed by atoms with E-state index >= 15 is 0 Å². The van der Waals surface area contributed by atoms with Crippen LogP contribution in [0.25, 0.3) is 0 Å². The molecule has 0 aliphatic heterocycles. The number of halogens is 3.